The normalized spacial score (nSPS) is 13.3. The van der Waals surface area contributed by atoms with Gasteiger partial charge in [0, 0.05) is 35.9 Å². The summed E-state index contributed by atoms with van der Waals surface area (Å²) in [5.41, 5.74) is 5.53. The third-order valence-electron chi connectivity index (χ3n) is 5.86. The molecule has 0 radical (unpaired) electrons. The Labute approximate surface area is 210 Å². The predicted molar refractivity (Wildman–Crippen MR) is 141 cm³/mol. The zero-order valence-electron chi connectivity index (χ0n) is 19.9. The van der Waals surface area contributed by atoms with Crippen molar-refractivity contribution in [1.29, 1.82) is 0 Å². The van der Waals surface area contributed by atoms with Crippen molar-refractivity contribution in [3.05, 3.63) is 87.9 Å². The number of nitrogens with zero attached hydrogens (tertiary/aromatic N) is 1. The molecule has 1 aliphatic heterocycles. The third kappa shape index (κ3) is 6.53. The Bertz CT molecular complexity index is 1210. The maximum atomic E-state index is 12.9. The molecule has 0 aliphatic carbocycles. The summed E-state index contributed by atoms with van der Waals surface area (Å²) in [5, 5.41) is 9.24. The maximum Gasteiger partial charge on any atom is 0.323 e. The zero-order valence-corrected chi connectivity index (χ0v) is 20.6. The van der Waals surface area contributed by atoms with Crippen molar-refractivity contribution in [2.24, 2.45) is 0 Å². The molecule has 3 N–H and O–H groups in total. The standard InChI is InChI=1S/C27H29ClN4O3/c1-18-3-6-20(7-4-18)17-29-26(33)21-8-10-25(32-11-13-35-14-12-32)24(15-21)31-27(34)30-22-9-5-19(2)23(28)16-22/h3-10,15-16H,11-14,17H2,1-2H3,(H,29,33)(H2,30,31,34). The molecule has 0 saturated carbocycles. The molecule has 182 valence electrons. The largest absolute Gasteiger partial charge is 0.378 e. The minimum Gasteiger partial charge on any atom is -0.378 e. The number of benzene rings is 3. The van der Waals surface area contributed by atoms with E-state index in [0.717, 1.165) is 16.8 Å². The molecule has 35 heavy (non-hydrogen) atoms. The van der Waals surface area contributed by atoms with Crippen molar-refractivity contribution in [2.75, 3.05) is 41.8 Å². The van der Waals surface area contributed by atoms with Gasteiger partial charge in [-0.3, -0.25) is 4.79 Å². The highest BCUT2D eigenvalue weighted by atomic mass is 35.5. The predicted octanol–water partition coefficient (Wildman–Crippen LogP) is 5.37. The van der Waals surface area contributed by atoms with Gasteiger partial charge in [-0.15, -0.1) is 0 Å². The van der Waals surface area contributed by atoms with Crippen LogP contribution in [0.3, 0.4) is 0 Å². The molecule has 1 fully saturated rings. The molecule has 1 heterocycles. The Morgan fingerprint density at radius 1 is 0.943 bits per heavy atom. The van der Waals surface area contributed by atoms with E-state index in [2.05, 4.69) is 20.9 Å². The molecular weight excluding hydrogens is 464 g/mol. The van der Waals surface area contributed by atoms with E-state index in [-0.39, 0.29) is 5.91 Å². The molecule has 0 aromatic heterocycles. The first-order valence-corrected chi connectivity index (χ1v) is 11.9. The summed E-state index contributed by atoms with van der Waals surface area (Å²) in [5.74, 6) is -0.215. The number of halogens is 1. The van der Waals surface area contributed by atoms with Crippen LogP contribution in [0.1, 0.15) is 27.0 Å². The highest BCUT2D eigenvalue weighted by Gasteiger charge is 2.18. The van der Waals surface area contributed by atoms with E-state index in [4.69, 9.17) is 16.3 Å². The van der Waals surface area contributed by atoms with Crippen LogP contribution in [0.4, 0.5) is 21.9 Å². The summed E-state index contributed by atoms with van der Waals surface area (Å²) < 4.78 is 5.47. The number of nitrogens with one attached hydrogen (secondary N) is 3. The van der Waals surface area contributed by atoms with Crippen LogP contribution >= 0.6 is 11.6 Å². The number of amides is 3. The molecule has 8 heteroatoms. The summed E-state index contributed by atoms with van der Waals surface area (Å²) in [4.78, 5) is 27.8. The first kappa shape index (κ1) is 24.6. The van der Waals surface area contributed by atoms with Gasteiger partial charge in [0.1, 0.15) is 0 Å². The minimum atomic E-state index is -0.420. The second-order valence-corrected chi connectivity index (χ2v) is 8.95. The molecule has 0 bridgehead atoms. The first-order valence-electron chi connectivity index (χ1n) is 11.5. The number of aryl methyl sites for hydroxylation is 2. The topological polar surface area (TPSA) is 82.7 Å². The zero-order chi connectivity index (χ0) is 24.8. The summed E-state index contributed by atoms with van der Waals surface area (Å²) in [7, 11) is 0. The lowest BCUT2D eigenvalue weighted by molar-refractivity contribution is 0.0951. The molecule has 3 amide bonds. The third-order valence-corrected chi connectivity index (χ3v) is 6.27. The van der Waals surface area contributed by atoms with Gasteiger partial charge in [-0.05, 0) is 55.3 Å². The SMILES string of the molecule is Cc1ccc(CNC(=O)c2ccc(N3CCOCC3)c(NC(=O)Nc3ccc(C)c(Cl)c3)c2)cc1. The summed E-state index contributed by atoms with van der Waals surface area (Å²) >= 11 is 6.19. The van der Waals surface area contributed by atoms with Crippen LogP contribution in [0.15, 0.2) is 60.7 Å². The maximum absolute atomic E-state index is 12.9. The van der Waals surface area contributed by atoms with Gasteiger partial charge in [0.15, 0.2) is 0 Å². The van der Waals surface area contributed by atoms with Crippen LogP contribution in [0.2, 0.25) is 5.02 Å². The van der Waals surface area contributed by atoms with Gasteiger partial charge in [-0.2, -0.15) is 0 Å². The average Bonchev–Trinajstić information content (AvgIpc) is 2.86. The van der Waals surface area contributed by atoms with E-state index < -0.39 is 6.03 Å². The van der Waals surface area contributed by atoms with Gasteiger partial charge in [0.2, 0.25) is 0 Å². The number of carbonyl (C=O) groups is 2. The van der Waals surface area contributed by atoms with E-state index in [0.29, 0.717) is 54.8 Å². The monoisotopic (exact) mass is 492 g/mol. The molecule has 0 atom stereocenters. The first-order chi connectivity index (χ1) is 16.9. The Kier molecular flexibility index (Phi) is 7.90. The number of hydrogen-bond acceptors (Lipinski definition) is 4. The Balaban J connectivity index is 1.51. The van der Waals surface area contributed by atoms with Crippen molar-refractivity contribution in [3.8, 4) is 0 Å². The van der Waals surface area contributed by atoms with Gasteiger partial charge in [0.25, 0.3) is 5.91 Å². The lowest BCUT2D eigenvalue weighted by atomic mass is 10.1. The van der Waals surface area contributed by atoms with Crippen molar-refractivity contribution < 1.29 is 14.3 Å². The highest BCUT2D eigenvalue weighted by Crippen LogP contribution is 2.29. The minimum absolute atomic E-state index is 0.215. The number of ether oxygens (including phenoxy) is 1. The molecule has 1 aliphatic rings. The van der Waals surface area contributed by atoms with Crippen LogP contribution in [0, 0.1) is 13.8 Å². The Morgan fingerprint density at radius 3 is 2.40 bits per heavy atom. The highest BCUT2D eigenvalue weighted by molar-refractivity contribution is 6.31. The Morgan fingerprint density at radius 2 is 1.69 bits per heavy atom. The molecule has 0 spiro atoms. The van der Waals surface area contributed by atoms with Gasteiger partial charge in [-0.1, -0.05) is 47.5 Å². The molecule has 1 saturated heterocycles. The van der Waals surface area contributed by atoms with Crippen molar-refractivity contribution in [2.45, 2.75) is 20.4 Å². The van der Waals surface area contributed by atoms with Crippen LogP contribution in [-0.2, 0) is 11.3 Å². The second kappa shape index (κ2) is 11.3. The fourth-order valence-electron chi connectivity index (χ4n) is 3.80. The van der Waals surface area contributed by atoms with Gasteiger partial charge in [0.05, 0.1) is 24.6 Å². The van der Waals surface area contributed by atoms with Crippen LogP contribution in [-0.4, -0.2) is 38.2 Å². The van der Waals surface area contributed by atoms with Crippen LogP contribution < -0.4 is 20.9 Å². The van der Waals surface area contributed by atoms with Gasteiger partial charge >= 0.3 is 6.03 Å². The van der Waals surface area contributed by atoms with Crippen LogP contribution in [0.25, 0.3) is 0 Å². The summed E-state index contributed by atoms with van der Waals surface area (Å²) in [6.45, 7) is 6.94. The van der Waals surface area contributed by atoms with Crippen LogP contribution in [0.5, 0.6) is 0 Å². The quantitative estimate of drug-likeness (QED) is 0.432. The van der Waals surface area contributed by atoms with Gasteiger partial charge < -0.3 is 25.6 Å². The van der Waals surface area contributed by atoms with Crippen molar-refractivity contribution >= 4 is 40.6 Å². The molecule has 4 rings (SSSR count). The lowest BCUT2D eigenvalue weighted by Gasteiger charge is -2.30. The fraction of sp³-hybridized carbons (Fsp3) is 0.259. The number of hydrogen-bond donors (Lipinski definition) is 3. The number of morpholine rings is 1. The summed E-state index contributed by atoms with van der Waals surface area (Å²) in [6.07, 6.45) is 0. The molecule has 0 unspecified atom stereocenters. The van der Waals surface area contributed by atoms with E-state index in [1.807, 2.05) is 50.2 Å². The smallest absolute Gasteiger partial charge is 0.323 e. The van der Waals surface area contributed by atoms with Gasteiger partial charge in [-0.25, -0.2) is 4.79 Å². The number of carbonyl (C=O) groups excluding carboxylic acids is 2. The van der Waals surface area contributed by atoms with E-state index in [9.17, 15) is 9.59 Å². The van der Waals surface area contributed by atoms with E-state index in [1.165, 1.54) is 5.56 Å². The molecule has 3 aromatic carbocycles. The van der Waals surface area contributed by atoms with E-state index >= 15 is 0 Å². The fourth-order valence-corrected chi connectivity index (χ4v) is 3.98. The second-order valence-electron chi connectivity index (χ2n) is 8.54. The number of urea groups is 1. The molecule has 3 aromatic rings. The molecule has 7 nitrogen and oxygen atoms in total. The van der Waals surface area contributed by atoms with Crippen molar-refractivity contribution in [1.82, 2.24) is 5.32 Å². The number of rotatable bonds is 6. The number of anilines is 3. The Hall–Kier alpha value is -3.55. The lowest BCUT2D eigenvalue weighted by Crippen LogP contribution is -2.37. The van der Waals surface area contributed by atoms with E-state index in [1.54, 1.807) is 24.3 Å². The van der Waals surface area contributed by atoms with Crippen molar-refractivity contribution in [3.63, 3.8) is 0 Å². The summed E-state index contributed by atoms with van der Waals surface area (Å²) in [6, 6.07) is 18.3. The molecular formula is C27H29ClN4O3. The average molecular weight is 493 g/mol.